The van der Waals surface area contributed by atoms with Gasteiger partial charge in [-0.15, -0.1) is 0 Å². The number of aromatic nitrogens is 2. The number of aliphatic hydroxyl groups excluding tert-OH is 1. The van der Waals surface area contributed by atoms with Crippen LogP contribution in [0, 0.1) is 0 Å². The van der Waals surface area contributed by atoms with Crippen LogP contribution in [0.15, 0.2) is 6.07 Å². The van der Waals surface area contributed by atoms with Gasteiger partial charge in [-0.2, -0.15) is 0 Å². The van der Waals surface area contributed by atoms with E-state index in [9.17, 15) is 5.11 Å². The zero-order valence-corrected chi connectivity index (χ0v) is 13.0. The third kappa shape index (κ3) is 6.70. The van der Waals surface area contributed by atoms with Crippen molar-refractivity contribution in [2.24, 2.45) is 0 Å². The lowest BCUT2D eigenvalue weighted by Crippen LogP contribution is -2.37. The second-order valence-corrected chi connectivity index (χ2v) is 5.13. The first-order chi connectivity index (χ1) is 10.0. The predicted octanol–water partition coefficient (Wildman–Crippen LogP) is 0.990. The molecule has 1 atom stereocenters. The number of ether oxygens (including phenoxy) is 1. The van der Waals surface area contributed by atoms with E-state index in [2.05, 4.69) is 27.5 Å². The molecule has 0 radical (unpaired) electrons. The molecule has 0 bridgehead atoms. The molecule has 0 aliphatic carbocycles. The molecule has 7 nitrogen and oxygen atoms in total. The number of nitrogens with one attached hydrogen (secondary N) is 2. The van der Waals surface area contributed by atoms with E-state index in [4.69, 9.17) is 9.84 Å². The third-order valence-corrected chi connectivity index (χ3v) is 2.75. The maximum Gasteiger partial charge on any atom is 0.158 e. The second kappa shape index (κ2) is 8.76. The average Bonchev–Trinajstić information content (AvgIpc) is 2.49. The molecule has 0 saturated carbocycles. The molecule has 0 aliphatic heterocycles. The fraction of sp³-hybridized carbons (Fsp3) is 0.714. The molecule has 0 spiro atoms. The van der Waals surface area contributed by atoms with E-state index in [1.54, 1.807) is 13.0 Å². The van der Waals surface area contributed by atoms with Crippen molar-refractivity contribution in [2.75, 3.05) is 36.9 Å². The van der Waals surface area contributed by atoms with Crippen LogP contribution in [0.25, 0.3) is 0 Å². The van der Waals surface area contributed by atoms with Crippen LogP contribution in [0.3, 0.4) is 0 Å². The van der Waals surface area contributed by atoms with Crippen LogP contribution in [-0.4, -0.2) is 52.1 Å². The molecule has 21 heavy (non-hydrogen) atoms. The molecule has 7 heteroatoms. The van der Waals surface area contributed by atoms with Crippen LogP contribution in [0.4, 0.5) is 11.6 Å². The van der Waals surface area contributed by atoms with E-state index >= 15 is 0 Å². The molecule has 0 saturated heterocycles. The van der Waals surface area contributed by atoms with Gasteiger partial charge in [0, 0.05) is 25.8 Å². The van der Waals surface area contributed by atoms with Crippen molar-refractivity contribution in [1.82, 2.24) is 9.97 Å². The Morgan fingerprint density at radius 3 is 2.48 bits per heavy atom. The number of aliphatic hydroxyl groups is 2. The highest BCUT2D eigenvalue weighted by Crippen LogP contribution is 2.13. The van der Waals surface area contributed by atoms with Crippen molar-refractivity contribution in [2.45, 2.75) is 39.4 Å². The summed E-state index contributed by atoms with van der Waals surface area (Å²) >= 11 is 0. The van der Waals surface area contributed by atoms with Gasteiger partial charge in [0.25, 0.3) is 0 Å². The molecule has 4 N–H and O–H groups in total. The zero-order chi connectivity index (χ0) is 15.7. The Balaban J connectivity index is 2.79. The van der Waals surface area contributed by atoms with Crippen molar-refractivity contribution < 1.29 is 14.9 Å². The summed E-state index contributed by atoms with van der Waals surface area (Å²) in [5.74, 6) is 1.88. The molecule has 0 aromatic carbocycles. The maximum atomic E-state index is 9.81. The van der Waals surface area contributed by atoms with Gasteiger partial charge in [0.1, 0.15) is 23.8 Å². The lowest BCUT2D eigenvalue weighted by molar-refractivity contribution is 0.0131. The van der Waals surface area contributed by atoms with Gasteiger partial charge in [-0.25, -0.2) is 9.97 Å². The first-order valence-electron chi connectivity index (χ1n) is 7.27. The fourth-order valence-electron chi connectivity index (χ4n) is 1.53. The SMILES string of the molecule is CCCNc1cc(NCC(C)(O)CO)nc(COCC)n1. The van der Waals surface area contributed by atoms with Crippen molar-refractivity contribution in [3.8, 4) is 0 Å². The lowest BCUT2D eigenvalue weighted by Gasteiger charge is -2.21. The number of rotatable bonds is 10. The molecule has 1 aromatic rings. The summed E-state index contributed by atoms with van der Waals surface area (Å²) in [7, 11) is 0. The van der Waals surface area contributed by atoms with Gasteiger partial charge in [-0.1, -0.05) is 6.92 Å². The first-order valence-corrected chi connectivity index (χ1v) is 7.27. The largest absolute Gasteiger partial charge is 0.393 e. The standard InChI is InChI=1S/C14H26N4O3/c1-4-6-15-11-7-12(16-9-14(3,20)10-19)18-13(17-11)8-21-5-2/h7,19-20H,4-6,8-10H2,1-3H3,(H2,15,16,17,18). The van der Waals surface area contributed by atoms with Crippen LogP contribution in [0.2, 0.25) is 0 Å². The van der Waals surface area contributed by atoms with E-state index in [0.717, 1.165) is 13.0 Å². The number of hydrogen-bond donors (Lipinski definition) is 4. The lowest BCUT2D eigenvalue weighted by atomic mass is 10.1. The minimum atomic E-state index is -1.19. The van der Waals surface area contributed by atoms with Crippen LogP contribution in [0.1, 0.15) is 33.0 Å². The fourth-order valence-corrected chi connectivity index (χ4v) is 1.53. The van der Waals surface area contributed by atoms with Crippen LogP contribution in [-0.2, 0) is 11.3 Å². The Labute approximate surface area is 125 Å². The van der Waals surface area contributed by atoms with Gasteiger partial charge in [0.2, 0.25) is 0 Å². The minimum Gasteiger partial charge on any atom is -0.393 e. The summed E-state index contributed by atoms with van der Waals surface area (Å²) in [5.41, 5.74) is -1.19. The van der Waals surface area contributed by atoms with Gasteiger partial charge >= 0.3 is 0 Å². The topological polar surface area (TPSA) is 99.5 Å². The van der Waals surface area contributed by atoms with Crippen LogP contribution in [0.5, 0.6) is 0 Å². The predicted molar refractivity (Wildman–Crippen MR) is 82.3 cm³/mol. The van der Waals surface area contributed by atoms with Crippen molar-refractivity contribution in [3.05, 3.63) is 11.9 Å². The minimum absolute atomic E-state index is 0.196. The van der Waals surface area contributed by atoms with Crippen molar-refractivity contribution in [3.63, 3.8) is 0 Å². The second-order valence-electron chi connectivity index (χ2n) is 5.13. The molecular weight excluding hydrogens is 272 g/mol. The molecule has 0 amide bonds. The van der Waals surface area contributed by atoms with E-state index < -0.39 is 5.60 Å². The van der Waals surface area contributed by atoms with Gasteiger partial charge in [0.05, 0.1) is 6.61 Å². The quantitative estimate of drug-likeness (QED) is 0.511. The highest BCUT2D eigenvalue weighted by Gasteiger charge is 2.19. The van der Waals surface area contributed by atoms with Gasteiger partial charge in [-0.3, -0.25) is 0 Å². The summed E-state index contributed by atoms with van der Waals surface area (Å²) in [4.78, 5) is 8.71. The highest BCUT2D eigenvalue weighted by molar-refractivity contribution is 5.47. The van der Waals surface area contributed by atoms with E-state index in [1.165, 1.54) is 0 Å². The Kier molecular flexibility index (Phi) is 7.35. The normalized spacial score (nSPS) is 13.8. The van der Waals surface area contributed by atoms with E-state index in [-0.39, 0.29) is 13.2 Å². The molecule has 0 fully saturated rings. The third-order valence-electron chi connectivity index (χ3n) is 2.75. The molecule has 1 rings (SSSR count). The summed E-state index contributed by atoms with van der Waals surface area (Å²) < 4.78 is 5.33. The number of anilines is 2. The Bertz CT molecular complexity index is 400. The maximum absolute atomic E-state index is 9.81. The van der Waals surface area contributed by atoms with Crippen molar-refractivity contribution >= 4 is 11.6 Å². The zero-order valence-electron chi connectivity index (χ0n) is 13.0. The Morgan fingerprint density at radius 1 is 1.24 bits per heavy atom. The molecule has 0 aliphatic rings. The number of nitrogens with zero attached hydrogens (tertiary/aromatic N) is 2. The van der Waals surface area contributed by atoms with E-state index in [0.29, 0.717) is 30.7 Å². The summed E-state index contributed by atoms with van der Waals surface area (Å²) in [6.07, 6.45) is 0.993. The summed E-state index contributed by atoms with van der Waals surface area (Å²) in [6, 6.07) is 1.78. The highest BCUT2D eigenvalue weighted by atomic mass is 16.5. The smallest absolute Gasteiger partial charge is 0.158 e. The molecular formula is C14H26N4O3. The Hall–Kier alpha value is -1.44. The van der Waals surface area contributed by atoms with Gasteiger partial charge in [-0.05, 0) is 20.3 Å². The molecule has 1 heterocycles. The van der Waals surface area contributed by atoms with Crippen LogP contribution >= 0.6 is 0 Å². The molecule has 1 unspecified atom stereocenters. The van der Waals surface area contributed by atoms with Gasteiger partial charge in [0.15, 0.2) is 5.82 Å². The summed E-state index contributed by atoms with van der Waals surface area (Å²) in [5, 5.41) is 25.1. The molecule has 1 aromatic heterocycles. The summed E-state index contributed by atoms with van der Waals surface area (Å²) in [6.45, 7) is 7.17. The number of hydrogen-bond acceptors (Lipinski definition) is 7. The monoisotopic (exact) mass is 298 g/mol. The van der Waals surface area contributed by atoms with Crippen molar-refractivity contribution in [1.29, 1.82) is 0 Å². The first kappa shape index (κ1) is 17.6. The average molecular weight is 298 g/mol. The van der Waals surface area contributed by atoms with E-state index in [1.807, 2.05) is 6.92 Å². The van der Waals surface area contributed by atoms with Crippen LogP contribution < -0.4 is 10.6 Å². The molecule has 120 valence electrons. The Morgan fingerprint density at radius 2 is 1.90 bits per heavy atom. The van der Waals surface area contributed by atoms with Gasteiger partial charge < -0.3 is 25.6 Å².